The van der Waals surface area contributed by atoms with Crippen LogP contribution in [0.15, 0.2) is 23.8 Å². The molecule has 0 aromatic carbocycles. The normalized spacial score (nSPS) is 21.1. The molecule has 0 radical (unpaired) electrons. The lowest BCUT2D eigenvalue weighted by Crippen LogP contribution is -2.28. The molecule has 3 N–H and O–H groups in total. The second-order valence-electron chi connectivity index (χ2n) is 4.61. The Balaban J connectivity index is 0.000000459. The molecule has 1 atom stereocenters. The molecule has 1 rings (SSSR count). The highest BCUT2D eigenvalue weighted by Crippen LogP contribution is 2.31. The predicted molar refractivity (Wildman–Crippen MR) is 74.1 cm³/mol. The third-order valence-electron chi connectivity index (χ3n) is 2.76. The molecule has 1 aliphatic rings. The molecule has 0 amide bonds. The highest BCUT2D eigenvalue weighted by atomic mass is 16.4. The van der Waals surface area contributed by atoms with Gasteiger partial charge in [-0.1, -0.05) is 32.1 Å². The molecular formula is C14H23NO4. The zero-order chi connectivity index (χ0) is 14.9. The van der Waals surface area contributed by atoms with Gasteiger partial charge in [0.05, 0.1) is 5.41 Å². The molecule has 1 aliphatic carbocycles. The lowest BCUT2D eigenvalue weighted by molar-refractivity contribution is -0.145. The van der Waals surface area contributed by atoms with E-state index in [9.17, 15) is 9.59 Å². The summed E-state index contributed by atoms with van der Waals surface area (Å²) in [6.45, 7) is 8.06. The fourth-order valence-corrected chi connectivity index (χ4v) is 1.54. The molecule has 5 heteroatoms. The first-order valence-electron chi connectivity index (χ1n) is 6.43. The van der Waals surface area contributed by atoms with E-state index in [4.69, 9.17) is 10.2 Å². The average Bonchev–Trinajstić information content (AvgIpc) is 2.37. The minimum absolute atomic E-state index is 0.0359. The summed E-state index contributed by atoms with van der Waals surface area (Å²) in [5.41, 5.74) is -0.949. The fourth-order valence-electron chi connectivity index (χ4n) is 1.54. The second kappa shape index (κ2) is 8.48. The molecular weight excluding hydrogens is 246 g/mol. The van der Waals surface area contributed by atoms with Gasteiger partial charge < -0.3 is 15.5 Å². The molecule has 1 unspecified atom stereocenters. The van der Waals surface area contributed by atoms with Crippen molar-refractivity contribution < 1.29 is 19.8 Å². The molecule has 0 fully saturated rings. The number of allylic oxidation sites excluding steroid dienone is 2. The Labute approximate surface area is 114 Å². The summed E-state index contributed by atoms with van der Waals surface area (Å²) in [5, 5.41) is 20.7. The topological polar surface area (TPSA) is 86.6 Å². The summed E-state index contributed by atoms with van der Waals surface area (Å²) in [6.07, 6.45) is 5.68. The van der Waals surface area contributed by atoms with Crippen molar-refractivity contribution in [2.75, 3.05) is 13.1 Å². The van der Waals surface area contributed by atoms with Crippen molar-refractivity contribution in [1.82, 2.24) is 5.32 Å². The van der Waals surface area contributed by atoms with Crippen molar-refractivity contribution in [2.24, 2.45) is 5.41 Å². The van der Waals surface area contributed by atoms with Crippen LogP contribution in [-0.4, -0.2) is 35.2 Å². The molecule has 0 aromatic heterocycles. The van der Waals surface area contributed by atoms with Crippen LogP contribution in [-0.2, 0) is 9.59 Å². The van der Waals surface area contributed by atoms with Gasteiger partial charge in [0.2, 0.25) is 0 Å². The molecule has 0 saturated carbocycles. The van der Waals surface area contributed by atoms with E-state index in [2.05, 4.69) is 19.2 Å². The maximum absolute atomic E-state index is 10.8. The van der Waals surface area contributed by atoms with Gasteiger partial charge in [-0.25, -0.2) is 4.79 Å². The first-order valence-corrected chi connectivity index (χ1v) is 6.43. The minimum atomic E-state index is -1.08. The molecule has 0 bridgehead atoms. The van der Waals surface area contributed by atoms with Gasteiger partial charge in [0.25, 0.3) is 0 Å². The summed E-state index contributed by atoms with van der Waals surface area (Å²) in [6, 6.07) is 0. The Morgan fingerprint density at radius 1 is 1.37 bits per heavy atom. The van der Waals surface area contributed by atoms with Crippen LogP contribution in [0.5, 0.6) is 0 Å². The highest BCUT2D eigenvalue weighted by molar-refractivity contribution is 5.90. The van der Waals surface area contributed by atoms with Crippen LogP contribution in [0.4, 0.5) is 0 Å². The summed E-state index contributed by atoms with van der Waals surface area (Å²) in [5.74, 6) is -2.06. The molecule has 0 heterocycles. The number of carboxylic acid groups (broad SMARTS) is 2. The summed E-state index contributed by atoms with van der Waals surface area (Å²) in [4.78, 5) is 21.3. The van der Waals surface area contributed by atoms with Gasteiger partial charge in [0.15, 0.2) is 0 Å². The molecule has 0 aliphatic heterocycles. The standard InChI is InChI=1S/C9H10O4.C5H13N/c1-9(8(12)13)4-2-3-6(5-9)7(10)11;1-3-5-6-4-2/h2-4H,5H2,1H3,(H,10,11)(H,12,13);6H,3-5H2,1-2H3. The van der Waals surface area contributed by atoms with Crippen molar-refractivity contribution in [3.63, 3.8) is 0 Å². The molecule has 0 spiro atoms. The fraction of sp³-hybridized carbons (Fsp3) is 0.571. The van der Waals surface area contributed by atoms with Crippen molar-refractivity contribution in [2.45, 2.75) is 33.6 Å². The van der Waals surface area contributed by atoms with E-state index in [0.29, 0.717) is 0 Å². The number of nitrogens with one attached hydrogen (secondary N) is 1. The number of hydrogen-bond donors (Lipinski definition) is 3. The predicted octanol–water partition coefficient (Wildman–Crippen LogP) is 2.05. The largest absolute Gasteiger partial charge is 0.481 e. The number of hydrogen-bond acceptors (Lipinski definition) is 3. The summed E-state index contributed by atoms with van der Waals surface area (Å²) in [7, 11) is 0. The van der Waals surface area contributed by atoms with E-state index in [-0.39, 0.29) is 12.0 Å². The monoisotopic (exact) mass is 269 g/mol. The van der Waals surface area contributed by atoms with Crippen molar-refractivity contribution >= 4 is 11.9 Å². The zero-order valence-electron chi connectivity index (χ0n) is 11.8. The quantitative estimate of drug-likeness (QED) is 0.665. The van der Waals surface area contributed by atoms with Gasteiger partial charge in [0.1, 0.15) is 0 Å². The zero-order valence-corrected chi connectivity index (χ0v) is 11.8. The molecule has 0 aromatic rings. The van der Waals surface area contributed by atoms with Gasteiger partial charge in [-0.15, -0.1) is 0 Å². The molecule has 19 heavy (non-hydrogen) atoms. The van der Waals surface area contributed by atoms with Gasteiger partial charge >= 0.3 is 11.9 Å². The van der Waals surface area contributed by atoms with Crippen LogP contribution in [0, 0.1) is 5.41 Å². The first-order chi connectivity index (χ1) is 8.87. The highest BCUT2D eigenvalue weighted by Gasteiger charge is 2.34. The van der Waals surface area contributed by atoms with Crippen LogP contribution >= 0.6 is 0 Å². The van der Waals surface area contributed by atoms with Crippen LogP contribution in [0.2, 0.25) is 0 Å². The third-order valence-corrected chi connectivity index (χ3v) is 2.76. The van der Waals surface area contributed by atoms with Gasteiger partial charge in [-0.05, 0) is 32.9 Å². The molecule has 5 nitrogen and oxygen atoms in total. The Morgan fingerprint density at radius 2 is 2.00 bits per heavy atom. The number of aliphatic carboxylic acids is 2. The summed E-state index contributed by atoms with van der Waals surface area (Å²) < 4.78 is 0. The minimum Gasteiger partial charge on any atom is -0.481 e. The van der Waals surface area contributed by atoms with Gasteiger partial charge in [-0.2, -0.15) is 0 Å². The van der Waals surface area contributed by atoms with Crippen molar-refractivity contribution in [3.05, 3.63) is 23.8 Å². The van der Waals surface area contributed by atoms with Crippen LogP contribution in [0.3, 0.4) is 0 Å². The average molecular weight is 269 g/mol. The lowest BCUT2D eigenvalue weighted by atomic mass is 9.80. The second-order valence-corrected chi connectivity index (χ2v) is 4.61. The summed E-state index contributed by atoms with van der Waals surface area (Å²) >= 11 is 0. The Morgan fingerprint density at radius 3 is 2.37 bits per heavy atom. The maximum Gasteiger partial charge on any atom is 0.331 e. The lowest BCUT2D eigenvalue weighted by Gasteiger charge is -2.23. The van der Waals surface area contributed by atoms with Crippen molar-refractivity contribution in [1.29, 1.82) is 0 Å². The maximum atomic E-state index is 10.8. The number of carboxylic acids is 2. The molecule has 108 valence electrons. The van der Waals surface area contributed by atoms with E-state index in [1.165, 1.54) is 31.6 Å². The van der Waals surface area contributed by atoms with Crippen LogP contribution < -0.4 is 5.32 Å². The number of carbonyl (C=O) groups is 2. The van der Waals surface area contributed by atoms with Crippen molar-refractivity contribution in [3.8, 4) is 0 Å². The van der Waals surface area contributed by atoms with E-state index in [1.807, 2.05) is 0 Å². The van der Waals surface area contributed by atoms with Crippen LogP contribution in [0.1, 0.15) is 33.6 Å². The molecule has 0 saturated heterocycles. The number of rotatable bonds is 5. The Bertz CT molecular complexity index is 370. The van der Waals surface area contributed by atoms with E-state index >= 15 is 0 Å². The first kappa shape index (κ1) is 17.4. The third kappa shape index (κ3) is 6.20. The smallest absolute Gasteiger partial charge is 0.331 e. The Hall–Kier alpha value is -1.62. The SMILES string of the molecule is CC1(C(=O)O)C=CC=C(C(=O)O)C1.CCCNCC. The van der Waals surface area contributed by atoms with E-state index < -0.39 is 17.4 Å². The van der Waals surface area contributed by atoms with Gasteiger partial charge in [0, 0.05) is 5.57 Å². The van der Waals surface area contributed by atoms with Crippen LogP contribution in [0.25, 0.3) is 0 Å². The van der Waals surface area contributed by atoms with E-state index in [1.54, 1.807) is 0 Å². The Kier molecular flexibility index (Phi) is 7.75. The van der Waals surface area contributed by atoms with Gasteiger partial charge in [-0.3, -0.25) is 4.79 Å². The van der Waals surface area contributed by atoms with E-state index in [0.717, 1.165) is 13.1 Å².